The summed E-state index contributed by atoms with van der Waals surface area (Å²) in [4.78, 5) is 0. The number of nitrogens with one attached hydrogen (secondary N) is 1. The lowest BCUT2D eigenvalue weighted by molar-refractivity contribution is -0.0440. The quantitative estimate of drug-likeness (QED) is 0.806. The zero-order valence-corrected chi connectivity index (χ0v) is 14.4. The van der Waals surface area contributed by atoms with Crippen LogP contribution in [0.25, 0.3) is 0 Å². The van der Waals surface area contributed by atoms with Crippen LogP contribution in [0.2, 0.25) is 0 Å². The molecule has 1 aliphatic heterocycles. The summed E-state index contributed by atoms with van der Waals surface area (Å²) in [6.07, 6.45) is -0.0856. The topological polar surface area (TPSA) is 58.6 Å². The molecule has 0 saturated carbocycles. The highest BCUT2D eigenvalue weighted by Crippen LogP contribution is 2.14. The van der Waals surface area contributed by atoms with Crippen molar-refractivity contribution >= 4 is 10.0 Å². The fraction of sp³-hybridized carbons (Fsp3) is 0.625. The van der Waals surface area contributed by atoms with Crippen molar-refractivity contribution in [3.05, 3.63) is 35.4 Å². The molecule has 0 amide bonds. The Hall–Kier alpha value is -0.950. The van der Waals surface area contributed by atoms with Crippen LogP contribution in [0.1, 0.15) is 25.0 Å². The van der Waals surface area contributed by atoms with Crippen LogP contribution >= 0.6 is 0 Å². The fourth-order valence-corrected chi connectivity index (χ4v) is 4.28. The predicted octanol–water partition coefficient (Wildman–Crippen LogP) is 1.52. The molecule has 1 N–H and O–H groups in total. The molecule has 2 atom stereocenters. The third-order valence-electron chi connectivity index (χ3n) is 3.73. The van der Waals surface area contributed by atoms with Gasteiger partial charge in [-0.15, -0.1) is 0 Å². The molecule has 1 saturated heterocycles. The van der Waals surface area contributed by atoms with E-state index in [0.717, 1.165) is 0 Å². The van der Waals surface area contributed by atoms with Gasteiger partial charge in [-0.25, -0.2) is 8.42 Å². The molecule has 124 valence electrons. The van der Waals surface area contributed by atoms with E-state index < -0.39 is 10.0 Å². The van der Waals surface area contributed by atoms with E-state index in [4.69, 9.17) is 4.74 Å². The second kappa shape index (κ2) is 7.55. The zero-order valence-electron chi connectivity index (χ0n) is 13.6. The maximum atomic E-state index is 12.4. The molecular formula is C16H26N2O3S. The van der Waals surface area contributed by atoms with E-state index in [1.54, 1.807) is 4.31 Å². The highest BCUT2D eigenvalue weighted by Gasteiger charge is 2.30. The van der Waals surface area contributed by atoms with Gasteiger partial charge in [0.2, 0.25) is 10.0 Å². The molecule has 1 aromatic carbocycles. The third kappa shape index (κ3) is 5.05. The summed E-state index contributed by atoms with van der Waals surface area (Å²) >= 11 is 0. The molecule has 0 aromatic heterocycles. The van der Waals surface area contributed by atoms with E-state index in [0.29, 0.717) is 26.2 Å². The molecule has 1 heterocycles. The minimum atomic E-state index is -3.22. The van der Waals surface area contributed by atoms with E-state index in [-0.39, 0.29) is 18.0 Å². The van der Waals surface area contributed by atoms with Gasteiger partial charge in [0, 0.05) is 26.2 Å². The number of aryl methyl sites for hydroxylation is 1. The Balaban J connectivity index is 1.80. The zero-order chi connectivity index (χ0) is 16.2. The summed E-state index contributed by atoms with van der Waals surface area (Å²) in [6, 6.07) is 8.21. The Labute approximate surface area is 133 Å². The first-order valence-electron chi connectivity index (χ1n) is 7.76. The first-order valence-corrected chi connectivity index (χ1v) is 9.37. The normalized spacial score (nSPS) is 23.6. The second-order valence-electron chi connectivity index (χ2n) is 6.06. The molecule has 2 rings (SSSR count). The van der Waals surface area contributed by atoms with Crippen molar-refractivity contribution in [3.63, 3.8) is 0 Å². The Morgan fingerprint density at radius 1 is 1.27 bits per heavy atom. The first-order chi connectivity index (χ1) is 10.4. The van der Waals surface area contributed by atoms with Crippen LogP contribution in [0.4, 0.5) is 0 Å². The molecule has 6 heteroatoms. The third-order valence-corrected chi connectivity index (χ3v) is 5.53. The molecule has 0 spiro atoms. The number of hydrogen-bond donors (Lipinski definition) is 1. The first kappa shape index (κ1) is 17.4. The summed E-state index contributed by atoms with van der Waals surface area (Å²) in [7, 11) is -3.22. The van der Waals surface area contributed by atoms with E-state index in [2.05, 4.69) is 24.4 Å². The Bertz CT molecular complexity index is 579. The van der Waals surface area contributed by atoms with Gasteiger partial charge in [-0.05, 0) is 26.3 Å². The summed E-state index contributed by atoms with van der Waals surface area (Å²) in [5.41, 5.74) is 2.38. The number of hydrogen-bond acceptors (Lipinski definition) is 4. The van der Waals surface area contributed by atoms with Gasteiger partial charge in [0.1, 0.15) is 0 Å². The van der Waals surface area contributed by atoms with Gasteiger partial charge >= 0.3 is 0 Å². The summed E-state index contributed by atoms with van der Waals surface area (Å²) in [5.74, 6) is 0.123. The van der Waals surface area contributed by atoms with E-state index in [9.17, 15) is 8.42 Å². The molecular weight excluding hydrogens is 300 g/mol. The summed E-state index contributed by atoms with van der Waals surface area (Å²) in [6.45, 7) is 7.91. The summed E-state index contributed by atoms with van der Waals surface area (Å²) in [5, 5.41) is 3.21. The van der Waals surface area contributed by atoms with Crippen molar-refractivity contribution in [2.75, 3.05) is 25.4 Å². The monoisotopic (exact) mass is 326 g/mol. The minimum absolute atomic E-state index is 0.0428. The van der Waals surface area contributed by atoms with Crippen molar-refractivity contribution in [1.29, 1.82) is 0 Å². The van der Waals surface area contributed by atoms with E-state index >= 15 is 0 Å². The number of morpholine rings is 1. The van der Waals surface area contributed by atoms with Crippen LogP contribution < -0.4 is 5.32 Å². The molecule has 1 fully saturated rings. The highest BCUT2D eigenvalue weighted by atomic mass is 32.2. The SMILES string of the molecule is Cc1cccc(CNCCS(=O)(=O)N2C[C@@H](C)O[C@H](C)C2)c1. The van der Waals surface area contributed by atoms with Gasteiger partial charge in [0.05, 0.1) is 18.0 Å². The molecule has 1 aliphatic rings. The highest BCUT2D eigenvalue weighted by molar-refractivity contribution is 7.89. The molecule has 22 heavy (non-hydrogen) atoms. The van der Waals surface area contributed by atoms with Crippen molar-refractivity contribution in [2.45, 2.75) is 39.5 Å². The second-order valence-corrected chi connectivity index (χ2v) is 8.14. The van der Waals surface area contributed by atoms with Crippen LogP contribution in [-0.4, -0.2) is 50.3 Å². The average molecular weight is 326 g/mol. The maximum absolute atomic E-state index is 12.4. The van der Waals surface area contributed by atoms with Gasteiger partial charge in [-0.3, -0.25) is 0 Å². The van der Waals surface area contributed by atoms with Crippen LogP contribution in [0.15, 0.2) is 24.3 Å². The fourth-order valence-electron chi connectivity index (χ4n) is 2.74. The van der Waals surface area contributed by atoms with Crippen LogP contribution in [0, 0.1) is 6.92 Å². The standard InChI is InChI=1S/C16H26N2O3S/c1-13-5-4-6-16(9-13)10-17-7-8-22(19,20)18-11-14(2)21-15(3)12-18/h4-6,9,14-15,17H,7-8,10-12H2,1-3H3/t14-,15-/m1/s1. The number of ether oxygens (including phenoxy) is 1. The van der Waals surface area contributed by atoms with E-state index in [1.807, 2.05) is 26.0 Å². The van der Waals surface area contributed by atoms with Gasteiger partial charge in [-0.2, -0.15) is 4.31 Å². The lowest BCUT2D eigenvalue weighted by Crippen LogP contribution is -2.49. The number of rotatable bonds is 6. The van der Waals surface area contributed by atoms with Crippen molar-refractivity contribution in [2.24, 2.45) is 0 Å². The van der Waals surface area contributed by atoms with Gasteiger partial charge < -0.3 is 10.1 Å². The lowest BCUT2D eigenvalue weighted by atomic mass is 10.1. The van der Waals surface area contributed by atoms with Crippen LogP contribution in [-0.2, 0) is 21.3 Å². The minimum Gasteiger partial charge on any atom is -0.373 e. The Kier molecular flexibility index (Phi) is 5.97. The Morgan fingerprint density at radius 2 is 1.95 bits per heavy atom. The molecule has 0 radical (unpaired) electrons. The van der Waals surface area contributed by atoms with Crippen LogP contribution in [0.3, 0.4) is 0 Å². The van der Waals surface area contributed by atoms with Crippen LogP contribution in [0.5, 0.6) is 0 Å². The molecule has 0 aliphatic carbocycles. The molecule has 5 nitrogen and oxygen atoms in total. The number of benzene rings is 1. The van der Waals surface area contributed by atoms with E-state index in [1.165, 1.54) is 11.1 Å². The van der Waals surface area contributed by atoms with Crippen molar-refractivity contribution < 1.29 is 13.2 Å². The largest absolute Gasteiger partial charge is 0.373 e. The maximum Gasteiger partial charge on any atom is 0.215 e. The average Bonchev–Trinajstić information content (AvgIpc) is 2.43. The number of sulfonamides is 1. The molecule has 0 bridgehead atoms. The predicted molar refractivity (Wildman–Crippen MR) is 88.3 cm³/mol. The van der Waals surface area contributed by atoms with Crippen molar-refractivity contribution in [1.82, 2.24) is 9.62 Å². The van der Waals surface area contributed by atoms with Crippen molar-refractivity contribution in [3.8, 4) is 0 Å². The smallest absolute Gasteiger partial charge is 0.215 e. The molecule has 1 aromatic rings. The lowest BCUT2D eigenvalue weighted by Gasteiger charge is -2.34. The number of nitrogens with zero attached hydrogens (tertiary/aromatic N) is 1. The van der Waals surface area contributed by atoms with Gasteiger partial charge in [0.25, 0.3) is 0 Å². The Morgan fingerprint density at radius 3 is 2.59 bits per heavy atom. The summed E-state index contributed by atoms with van der Waals surface area (Å²) < 4.78 is 31.9. The van der Waals surface area contributed by atoms with Gasteiger partial charge in [0.15, 0.2) is 0 Å². The van der Waals surface area contributed by atoms with Gasteiger partial charge in [-0.1, -0.05) is 29.8 Å². The molecule has 0 unspecified atom stereocenters.